The molecular weight excluding hydrogens is 280 g/mol. The average Bonchev–Trinajstić information content (AvgIpc) is 2.92. The first-order chi connectivity index (χ1) is 9.67. The molecule has 0 aliphatic carbocycles. The van der Waals surface area contributed by atoms with Gasteiger partial charge in [0.2, 0.25) is 0 Å². The van der Waals surface area contributed by atoms with Crippen molar-refractivity contribution >= 4 is 11.6 Å². The minimum Gasteiger partial charge on any atom is -0.493 e. The van der Waals surface area contributed by atoms with E-state index in [1.54, 1.807) is 18.3 Å². The van der Waals surface area contributed by atoms with Crippen LogP contribution in [0.2, 0.25) is 5.02 Å². The summed E-state index contributed by atoms with van der Waals surface area (Å²) >= 11 is 5.96. The maximum Gasteiger partial charge on any atom is 0.167 e. The summed E-state index contributed by atoms with van der Waals surface area (Å²) in [4.78, 5) is 0. The number of hydrogen-bond acceptors (Lipinski definition) is 4. The number of methoxy groups -OCH3 is 1. The zero-order valence-corrected chi connectivity index (χ0v) is 12.2. The van der Waals surface area contributed by atoms with Crippen molar-refractivity contribution in [1.29, 1.82) is 0 Å². The lowest BCUT2D eigenvalue weighted by atomic mass is 10.2. The van der Waals surface area contributed by atoms with Crippen LogP contribution in [0.4, 0.5) is 0 Å². The SMILES string of the molecule is CCn1cc(COc2c(CO)cc(Cl)cc2OC)cn1. The highest BCUT2D eigenvalue weighted by molar-refractivity contribution is 6.30. The van der Waals surface area contributed by atoms with E-state index in [1.165, 1.54) is 7.11 Å². The third-order valence-corrected chi connectivity index (χ3v) is 3.10. The van der Waals surface area contributed by atoms with Crippen LogP contribution in [0.3, 0.4) is 0 Å². The van der Waals surface area contributed by atoms with Crippen LogP contribution in [0.25, 0.3) is 0 Å². The molecule has 0 spiro atoms. The third kappa shape index (κ3) is 3.23. The van der Waals surface area contributed by atoms with Gasteiger partial charge in [-0.05, 0) is 13.0 Å². The monoisotopic (exact) mass is 296 g/mol. The fourth-order valence-corrected chi connectivity index (χ4v) is 2.10. The van der Waals surface area contributed by atoms with Crippen molar-refractivity contribution in [2.45, 2.75) is 26.7 Å². The molecule has 1 N–H and O–H groups in total. The molecule has 0 radical (unpaired) electrons. The highest BCUT2D eigenvalue weighted by atomic mass is 35.5. The number of halogens is 1. The molecule has 108 valence electrons. The second-order valence-electron chi connectivity index (χ2n) is 4.25. The Hall–Kier alpha value is -1.72. The molecule has 2 aromatic rings. The summed E-state index contributed by atoms with van der Waals surface area (Å²) in [5.74, 6) is 1.01. The third-order valence-electron chi connectivity index (χ3n) is 2.88. The van der Waals surface area contributed by atoms with Gasteiger partial charge < -0.3 is 14.6 Å². The number of benzene rings is 1. The van der Waals surface area contributed by atoms with Crippen LogP contribution in [0.15, 0.2) is 24.5 Å². The summed E-state index contributed by atoms with van der Waals surface area (Å²) in [6.45, 7) is 3.02. The number of aryl methyl sites for hydroxylation is 1. The number of rotatable bonds is 6. The molecule has 1 aromatic heterocycles. The fraction of sp³-hybridized carbons (Fsp3) is 0.357. The van der Waals surface area contributed by atoms with Gasteiger partial charge in [-0.3, -0.25) is 4.68 Å². The van der Waals surface area contributed by atoms with Crippen LogP contribution in [0.5, 0.6) is 11.5 Å². The Balaban J connectivity index is 2.19. The summed E-state index contributed by atoms with van der Waals surface area (Å²) in [7, 11) is 1.54. The van der Waals surface area contributed by atoms with Crippen molar-refractivity contribution in [3.05, 3.63) is 40.7 Å². The van der Waals surface area contributed by atoms with Gasteiger partial charge in [-0.1, -0.05) is 11.6 Å². The second kappa shape index (κ2) is 6.63. The molecule has 0 atom stereocenters. The lowest BCUT2D eigenvalue weighted by Gasteiger charge is -2.14. The van der Waals surface area contributed by atoms with Crippen molar-refractivity contribution in [2.75, 3.05) is 7.11 Å². The minimum absolute atomic E-state index is 0.166. The van der Waals surface area contributed by atoms with Crippen LogP contribution in [-0.2, 0) is 19.8 Å². The first-order valence-electron chi connectivity index (χ1n) is 6.29. The number of aliphatic hydroxyl groups is 1. The van der Waals surface area contributed by atoms with Gasteiger partial charge in [0, 0.05) is 35.0 Å². The number of hydrogen-bond donors (Lipinski definition) is 1. The van der Waals surface area contributed by atoms with Crippen molar-refractivity contribution in [2.24, 2.45) is 0 Å². The molecule has 0 unspecified atom stereocenters. The van der Waals surface area contributed by atoms with Crippen molar-refractivity contribution in [3.63, 3.8) is 0 Å². The predicted octanol–water partition coefficient (Wildman–Crippen LogP) is 2.64. The second-order valence-corrected chi connectivity index (χ2v) is 4.68. The normalized spacial score (nSPS) is 10.6. The lowest BCUT2D eigenvalue weighted by Crippen LogP contribution is -2.01. The van der Waals surface area contributed by atoms with Gasteiger partial charge in [-0.25, -0.2) is 0 Å². The van der Waals surface area contributed by atoms with Crippen molar-refractivity contribution in [3.8, 4) is 11.5 Å². The molecule has 0 saturated carbocycles. The molecule has 5 nitrogen and oxygen atoms in total. The zero-order valence-electron chi connectivity index (χ0n) is 11.5. The molecule has 0 aliphatic rings. The fourth-order valence-electron chi connectivity index (χ4n) is 1.86. The maximum atomic E-state index is 9.39. The molecule has 2 rings (SSSR count). The Morgan fingerprint density at radius 1 is 1.40 bits per heavy atom. The average molecular weight is 297 g/mol. The quantitative estimate of drug-likeness (QED) is 0.890. The predicted molar refractivity (Wildman–Crippen MR) is 76.2 cm³/mol. The summed E-state index contributed by atoms with van der Waals surface area (Å²) < 4.78 is 12.8. The van der Waals surface area contributed by atoms with Crippen LogP contribution >= 0.6 is 11.6 Å². The van der Waals surface area contributed by atoms with E-state index in [1.807, 2.05) is 17.8 Å². The summed E-state index contributed by atoms with van der Waals surface area (Å²) in [5, 5.41) is 14.1. The number of nitrogens with zero attached hydrogens (tertiary/aromatic N) is 2. The van der Waals surface area contributed by atoms with Crippen LogP contribution in [0, 0.1) is 0 Å². The molecule has 0 amide bonds. The van der Waals surface area contributed by atoms with E-state index in [2.05, 4.69) is 5.10 Å². The Labute approximate surface area is 122 Å². The Morgan fingerprint density at radius 3 is 2.80 bits per heavy atom. The standard InChI is InChI=1S/C14H17ClN2O3/c1-3-17-7-10(6-16-17)9-20-14-11(8-18)4-12(15)5-13(14)19-2/h4-7,18H,3,8-9H2,1-2H3. The van der Waals surface area contributed by atoms with Crippen molar-refractivity contribution in [1.82, 2.24) is 9.78 Å². The van der Waals surface area contributed by atoms with E-state index in [0.29, 0.717) is 28.7 Å². The van der Waals surface area contributed by atoms with Gasteiger partial charge in [-0.15, -0.1) is 0 Å². The van der Waals surface area contributed by atoms with Gasteiger partial charge in [0.25, 0.3) is 0 Å². The van der Waals surface area contributed by atoms with Gasteiger partial charge in [0.15, 0.2) is 11.5 Å². The number of ether oxygens (including phenoxy) is 2. The number of aliphatic hydroxyl groups excluding tert-OH is 1. The van der Waals surface area contributed by atoms with Gasteiger partial charge >= 0.3 is 0 Å². The molecule has 0 fully saturated rings. The molecule has 6 heteroatoms. The molecule has 1 aromatic carbocycles. The molecule has 1 heterocycles. The van der Waals surface area contributed by atoms with E-state index in [9.17, 15) is 5.11 Å². The Kier molecular flexibility index (Phi) is 4.87. The molecule has 20 heavy (non-hydrogen) atoms. The van der Waals surface area contributed by atoms with E-state index in [0.717, 1.165) is 12.1 Å². The summed E-state index contributed by atoms with van der Waals surface area (Å²) in [6.07, 6.45) is 3.67. The largest absolute Gasteiger partial charge is 0.493 e. The number of aromatic nitrogens is 2. The van der Waals surface area contributed by atoms with E-state index in [-0.39, 0.29) is 6.61 Å². The molecular formula is C14H17ClN2O3. The van der Waals surface area contributed by atoms with Crippen LogP contribution in [-0.4, -0.2) is 22.0 Å². The summed E-state index contributed by atoms with van der Waals surface area (Å²) in [6, 6.07) is 3.32. The van der Waals surface area contributed by atoms with Crippen LogP contribution in [0.1, 0.15) is 18.1 Å². The first kappa shape index (κ1) is 14.7. The molecule has 0 saturated heterocycles. The Bertz CT molecular complexity index is 559. The summed E-state index contributed by atoms with van der Waals surface area (Å²) in [5.41, 5.74) is 1.55. The van der Waals surface area contributed by atoms with Gasteiger partial charge in [0.1, 0.15) is 6.61 Å². The zero-order chi connectivity index (χ0) is 14.5. The lowest BCUT2D eigenvalue weighted by molar-refractivity contribution is 0.250. The molecule has 0 aliphatic heterocycles. The first-order valence-corrected chi connectivity index (χ1v) is 6.67. The topological polar surface area (TPSA) is 56.5 Å². The van der Waals surface area contributed by atoms with Gasteiger partial charge in [-0.2, -0.15) is 5.10 Å². The van der Waals surface area contributed by atoms with Crippen molar-refractivity contribution < 1.29 is 14.6 Å². The molecule has 0 bridgehead atoms. The highest BCUT2D eigenvalue weighted by Crippen LogP contribution is 2.35. The highest BCUT2D eigenvalue weighted by Gasteiger charge is 2.13. The van der Waals surface area contributed by atoms with E-state index in [4.69, 9.17) is 21.1 Å². The minimum atomic E-state index is -0.166. The van der Waals surface area contributed by atoms with E-state index < -0.39 is 0 Å². The Morgan fingerprint density at radius 2 is 2.20 bits per heavy atom. The van der Waals surface area contributed by atoms with Crippen LogP contribution < -0.4 is 9.47 Å². The van der Waals surface area contributed by atoms with Gasteiger partial charge in [0.05, 0.1) is 19.9 Å². The maximum absolute atomic E-state index is 9.39. The smallest absolute Gasteiger partial charge is 0.167 e. The van der Waals surface area contributed by atoms with E-state index >= 15 is 0 Å².